The van der Waals surface area contributed by atoms with Crippen molar-refractivity contribution in [2.24, 2.45) is 0 Å². The summed E-state index contributed by atoms with van der Waals surface area (Å²) in [5.41, 5.74) is 2.54. The van der Waals surface area contributed by atoms with Gasteiger partial charge in [0, 0.05) is 12.0 Å². The number of benzene rings is 1. The third-order valence-corrected chi connectivity index (χ3v) is 3.57. The molecule has 0 atom stereocenters. The standard InChI is InChI=1S/C13H16N2S/c1-3-5-12-14-15-13(16-12)11-8-6-10(4-2)7-9-11/h6-9H,3-5H2,1-2H3. The Morgan fingerprint density at radius 1 is 1.06 bits per heavy atom. The Kier molecular flexibility index (Phi) is 3.67. The average molecular weight is 232 g/mol. The monoisotopic (exact) mass is 232 g/mol. The van der Waals surface area contributed by atoms with Crippen LogP contribution >= 0.6 is 11.3 Å². The lowest BCUT2D eigenvalue weighted by atomic mass is 10.1. The van der Waals surface area contributed by atoms with Crippen molar-refractivity contribution in [3.63, 3.8) is 0 Å². The number of aryl methyl sites for hydroxylation is 2. The minimum Gasteiger partial charge on any atom is -0.143 e. The number of hydrogen-bond donors (Lipinski definition) is 0. The molecule has 2 nitrogen and oxygen atoms in total. The van der Waals surface area contributed by atoms with E-state index >= 15 is 0 Å². The fourth-order valence-electron chi connectivity index (χ4n) is 1.57. The molecule has 2 aromatic rings. The number of rotatable bonds is 4. The maximum atomic E-state index is 4.23. The van der Waals surface area contributed by atoms with Crippen LogP contribution in [0.25, 0.3) is 10.6 Å². The summed E-state index contributed by atoms with van der Waals surface area (Å²) in [7, 11) is 0. The van der Waals surface area contributed by atoms with Gasteiger partial charge in [-0.15, -0.1) is 10.2 Å². The molecule has 0 aliphatic rings. The summed E-state index contributed by atoms with van der Waals surface area (Å²) in [4.78, 5) is 0. The minimum atomic E-state index is 1.03. The molecule has 3 heteroatoms. The van der Waals surface area contributed by atoms with Crippen LogP contribution in [0.1, 0.15) is 30.8 Å². The minimum absolute atomic E-state index is 1.03. The number of aromatic nitrogens is 2. The van der Waals surface area contributed by atoms with Crippen LogP contribution in [-0.4, -0.2) is 10.2 Å². The van der Waals surface area contributed by atoms with Gasteiger partial charge in [0.1, 0.15) is 10.0 Å². The first-order valence-corrected chi connectivity index (χ1v) is 6.56. The van der Waals surface area contributed by atoms with E-state index in [9.17, 15) is 0 Å². The van der Waals surface area contributed by atoms with E-state index in [1.807, 2.05) is 0 Å². The predicted octanol–water partition coefficient (Wildman–Crippen LogP) is 3.72. The summed E-state index contributed by atoms with van der Waals surface area (Å²) < 4.78 is 0. The summed E-state index contributed by atoms with van der Waals surface area (Å²) in [6.45, 7) is 4.33. The van der Waals surface area contributed by atoms with E-state index < -0.39 is 0 Å². The smallest absolute Gasteiger partial charge is 0.143 e. The fraction of sp³-hybridized carbons (Fsp3) is 0.385. The second-order valence-electron chi connectivity index (χ2n) is 3.80. The molecule has 0 aliphatic heterocycles. The molecular weight excluding hydrogens is 216 g/mol. The molecule has 1 aromatic heterocycles. The van der Waals surface area contributed by atoms with Gasteiger partial charge in [-0.25, -0.2) is 0 Å². The van der Waals surface area contributed by atoms with Crippen molar-refractivity contribution >= 4 is 11.3 Å². The van der Waals surface area contributed by atoms with Gasteiger partial charge in [0.05, 0.1) is 0 Å². The van der Waals surface area contributed by atoms with E-state index in [2.05, 4.69) is 48.3 Å². The van der Waals surface area contributed by atoms with Crippen LogP contribution in [-0.2, 0) is 12.8 Å². The molecule has 0 aliphatic carbocycles. The molecule has 16 heavy (non-hydrogen) atoms. The molecule has 2 rings (SSSR count). The molecular formula is C13H16N2S. The van der Waals surface area contributed by atoms with E-state index in [4.69, 9.17) is 0 Å². The highest BCUT2D eigenvalue weighted by atomic mass is 32.1. The van der Waals surface area contributed by atoms with Crippen molar-refractivity contribution < 1.29 is 0 Å². The van der Waals surface area contributed by atoms with Gasteiger partial charge in [-0.3, -0.25) is 0 Å². The van der Waals surface area contributed by atoms with Crippen LogP contribution in [0.4, 0.5) is 0 Å². The Morgan fingerprint density at radius 2 is 1.81 bits per heavy atom. The zero-order chi connectivity index (χ0) is 11.4. The molecule has 0 saturated heterocycles. The molecule has 0 bridgehead atoms. The SMILES string of the molecule is CCCc1nnc(-c2ccc(CC)cc2)s1. The summed E-state index contributed by atoms with van der Waals surface area (Å²) in [6.07, 6.45) is 3.24. The lowest BCUT2D eigenvalue weighted by molar-refractivity contribution is 0.879. The van der Waals surface area contributed by atoms with Gasteiger partial charge in [0.15, 0.2) is 0 Å². The molecule has 1 aromatic carbocycles. The van der Waals surface area contributed by atoms with Crippen molar-refractivity contribution in [2.75, 3.05) is 0 Å². The lowest BCUT2D eigenvalue weighted by Crippen LogP contribution is -1.81. The Morgan fingerprint density at radius 3 is 2.44 bits per heavy atom. The lowest BCUT2D eigenvalue weighted by Gasteiger charge is -1.97. The van der Waals surface area contributed by atoms with Crippen molar-refractivity contribution in [1.82, 2.24) is 10.2 Å². The van der Waals surface area contributed by atoms with Crippen LogP contribution in [0.5, 0.6) is 0 Å². The van der Waals surface area contributed by atoms with Crippen molar-refractivity contribution in [1.29, 1.82) is 0 Å². The predicted molar refractivity (Wildman–Crippen MR) is 68.7 cm³/mol. The van der Waals surface area contributed by atoms with Crippen LogP contribution in [0.3, 0.4) is 0 Å². The van der Waals surface area contributed by atoms with Crippen LogP contribution in [0, 0.1) is 0 Å². The van der Waals surface area contributed by atoms with Crippen LogP contribution in [0.15, 0.2) is 24.3 Å². The molecule has 0 radical (unpaired) electrons. The van der Waals surface area contributed by atoms with Gasteiger partial charge in [-0.1, -0.05) is 49.4 Å². The van der Waals surface area contributed by atoms with Gasteiger partial charge in [0.25, 0.3) is 0 Å². The zero-order valence-electron chi connectivity index (χ0n) is 9.73. The van der Waals surface area contributed by atoms with Gasteiger partial charge >= 0.3 is 0 Å². The van der Waals surface area contributed by atoms with E-state index in [1.54, 1.807) is 11.3 Å². The van der Waals surface area contributed by atoms with Crippen LogP contribution in [0.2, 0.25) is 0 Å². The molecule has 0 fully saturated rings. The average Bonchev–Trinajstić information content (AvgIpc) is 2.78. The first-order valence-electron chi connectivity index (χ1n) is 5.75. The normalized spacial score (nSPS) is 10.6. The van der Waals surface area contributed by atoms with E-state index in [0.717, 1.165) is 29.3 Å². The van der Waals surface area contributed by atoms with Gasteiger partial charge in [0.2, 0.25) is 0 Å². The third kappa shape index (κ3) is 2.47. The summed E-state index contributed by atoms with van der Waals surface area (Å²) in [5.74, 6) is 0. The first kappa shape index (κ1) is 11.3. The maximum absolute atomic E-state index is 4.23. The largest absolute Gasteiger partial charge is 0.147 e. The maximum Gasteiger partial charge on any atom is 0.147 e. The van der Waals surface area contributed by atoms with Gasteiger partial charge in [-0.2, -0.15) is 0 Å². The fourth-order valence-corrected chi connectivity index (χ4v) is 2.51. The summed E-state index contributed by atoms with van der Waals surface area (Å²) in [6, 6.07) is 8.59. The van der Waals surface area contributed by atoms with Gasteiger partial charge in [-0.05, 0) is 18.4 Å². The Labute approximate surface area is 100 Å². The van der Waals surface area contributed by atoms with Crippen LogP contribution < -0.4 is 0 Å². The van der Waals surface area contributed by atoms with E-state index in [0.29, 0.717) is 0 Å². The van der Waals surface area contributed by atoms with Crippen molar-refractivity contribution in [3.05, 3.63) is 34.8 Å². The van der Waals surface area contributed by atoms with Gasteiger partial charge < -0.3 is 0 Å². The van der Waals surface area contributed by atoms with E-state index in [1.165, 1.54) is 11.1 Å². The zero-order valence-corrected chi connectivity index (χ0v) is 10.5. The molecule has 84 valence electrons. The third-order valence-electron chi connectivity index (χ3n) is 2.54. The highest BCUT2D eigenvalue weighted by Crippen LogP contribution is 2.24. The Bertz CT molecular complexity index is 445. The van der Waals surface area contributed by atoms with Crippen molar-refractivity contribution in [3.8, 4) is 10.6 Å². The molecule has 0 amide bonds. The quantitative estimate of drug-likeness (QED) is 0.803. The molecule has 0 unspecified atom stereocenters. The number of hydrogen-bond acceptors (Lipinski definition) is 3. The first-order chi connectivity index (χ1) is 7.83. The Hall–Kier alpha value is -1.22. The second kappa shape index (κ2) is 5.21. The Balaban J connectivity index is 2.21. The molecule has 0 saturated carbocycles. The molecule has 0 spiro atoms. The van der Waals surface area contributed by atoms with E-state index in [-0.39, 0.29) is 0 Å². The highest BCUT2D eigenvalue weighted by molar-refractivity contribution is 7.14. The number of nitrogens with zero attached hydrogens (tertiary/aromatic N) is 2. The summed E-state index contributed by atoms with van der Waals surface area (Å²) in [5, 5.41) is 10.6. The molecule has 0 N–H and O–H groups in total. The molecule has 1 heterocycles. The summed E-state index contributed by atoms with van der Waals surface area (Å²) >= 11 is 1.70. The van der Waals surface area contributed by atoms with Crippen molar-refractivity contribution in [2.45, 2.75) is 33.1 Å². The topological polar surface area (TPSA) is 25.8 Å². The second-order valence-corrected chi connectivity index (χ2v) is 4.86. The highest BCUT2D eigenvalue weighted by Gasteiger charge is 2.05.